The molecular weight excluding hydrogens is 250 g/mol. The Hall–Kier alpha value is -0.610. The highest BCUT2D eigenvalue weighted by Crippen LogP contribution is 2.23. The van der Waals surface area contributed by atoms with Crippen LogP contribution in [-0.2, 0) is 4.79 Å². The number of likely N-dealkylation sites (tertiary alicyclic amines) is 1. The normalized spacial score (nSPS) is 25.9. The van der Waals surface area contributed by atoms with Crippen molar-refractivity contribution >= 4 is 5.91 Å². The molecule has 0 spiro atoms. The van der Waals surface area contributed by atoms with Crippen LogP contribution in [0, 0.1) is 11.8 Å². The van der Waals surface area contributed by atoms with E-state index in [1.807, 2.05) is 0 Å². The molecule has 1 amide bonds. The Labute approximate surface area is 124 Å². The van der Waals surface area contributed by atoms with Gasteiger partial charge in [-0.1, -0.05) is 13.8 Å². The summed E-state index contributed by atoms with van der Waals surface area (Å²) in [5.74, 6) is 1.85. The summed E-state index contributed by atoms with van der Waals surface area (Å²) in [6.45, 7) is 15.7. The summed E-state index contributed by atoms with van der Waals surface area (Å²) in [4.78, 5) is 19.2. The lowest BCUT2D eigenvalue weighted by Gasteiger charge is -2.37. The number of hydrogen-bond donors (Lipinski definition) is 0. The van der Waals surface area contributed by atoms with Gasteiger partial charge in [0.2, 0.25) is 5.91 Å². The topological polar surface area (TPSA) is 26.8 Å². The van der Waals surface area contributed by atoms with Crippen molar-refractivity contribution in [2.24, 2.45) is 11.8 Å². The van der Waals surface area contributed by atoms with Crippen LogP contribution in [-0.4, -0.2) is 72.5 Å². The maximum absolute atomic E-state index is 12.4. The first-order valence-corrected chi connectivity index (χ1v) is 8.21. The highest BCUT2D eigenvalue weighted by atomic mass is 16.2. The number of amides is 1. The predicted molar refractivity (Wildman–Crippen MR) is 82.7 cm³/mol. The zero-order chi connectivity index (χ0) is 14.7. The van der Waals surface area contributed by atoms with E-state index in [0.717, 1.165) is 51.1 Å². The van der Waals surface area contributed by atoms with E-state index >= 15 is 0 Å². The first-order chi connectivity index (χ1) is 9.47. The van der Waals surface area contributed by atoms with E-state index in [1.165, 1.54) is 6.42 Å². The zero-order valence-corrected chi connectivity index (χ0v) is 13.6. The summed E-state index contributed by atoms with van der Waals surface area (Å²) in [5.41, 5.74) is 0. The largest absolute Gasteiger partial charge is 0.339 e. The third kappa shape index (κ3) is 3.95. The third-order valence-corrected chi connectivity index (χ3v) is 5.01. The molecule has 2 fully saturated rings. The minimum atomic E-state index is 0.331. The van der Waals surface area contributed by atoms with Crippen LogP contribution in [0.3, 0.4) is 0 Å². The summed E-state index contributed by atoms with van der Waals surface area (Å²) in [6, 6.07) is 0.595. The Kier molecular flexibility index (Phi) is 5.44. The molecule has 2 aliphatic rings. The van der Waals surface area contributed by atoms with Crippen molar-refractivity contribution in [1.82, 2.24) is 14.7 Å². The Morgan fingerprint density at radius 1 is 1.05 bits per heavy atom. The van der Waals surface area contributed by atoms with Gasteiger partial charge in [0.25, 0.3) is 0 Å². The van der Waals surface area contributed by atoms with Crippen LogP contribution in [0.1, 0.15) is 34.1 Å². The second-order valence-electron chi connectivity index (χ2n) is 7.04. The lowest BCUT2D eigenvalue weighted by molar-refractivity contribution is -0.134. The molecule has 20 heavy (non-hydrogen) atoms. The van der Waals surface area contributed by atoms with Crippen molar-refractivity contribution < 1.29 is 4.79 Å². The Bertz CT molecular complexity index is 322. The molecule has 4 nitrogen and oxygen atoms in total. The van der Waals surface area contributed by atoms with E-state index < -0.39 is 0 Å². The second kappa shape index (κ2) is 6.90. The lowest BCUT2D eigenvalue weighted by Crippen LogP contribution is -2.52. The molecule has 0 unspecified atom stereocenters. The van der Waals surface area contributed by atoms with E-state index in [1.54, 1.807) is 0 Å². The fraction of sp³-hybridized carbons (Fsp3) is 0.938. The molecule has 2 saturated heterocycles. The summed E-state index contributed by atoms with van der Waals surface area (Å²) in [6.07, 6.45) is 1.26. The van der Waals surface area contributed by atoms with Gasteiger partial charge in [0.1, 0.15) is 0 Å². The van der Waals surface area contributed by atoms with Crippen molar-refractivity contribution in [3.8, 4) is 0 Å². The lowest BCUT2D eigenvalue weighted by atomic mass is 9.95. The van der Waals surface area contributed by atoms with Crippen molar-refractivity contribution in [3.63, 3.8) is 0 Å². The number of hydrogen-bond acceptors (Lipinski definition) is 3. The van der Waals surface area contributed by atoms with E-state index in [-0.39, 0.29) is 0 Å². The van der Waals surface area contributed by atoms with E-state index in [4.69, 9.17) is 0 Å². The average molecular weight is 281 g/mol. The molecule has 0 aromatic carbocycles. The first-order valence-electron chi connectivity index (χ1n) is 8.21. The molecule has 2 heterocycles. The monoisotopic (exact) mass is 281 g/mol. The molecule has 0 bridgehead atoms. The molecule has 0 aromatic heterocycles. The van der Waals surface area contributed by atoms with E-state index in [9.17, 15) is 4.79 Å². The molecule has 0 saturated carbocycles. The number of carbonyl (C=O) groups excluding carboxylic acids is 1. The molecule has 0 N–H and O–H groups in total. The van der Waals surface area contributed by atoms with Crippen LogP contribution in [0.2, 0.25) is 0 Å². The van der Waals surface area contributed by atoms with Gasteiger partial charge in [-0.3, -0.25) is 14.6 Å². The van der Waals surface area contributed by atoms with Crippen LogP contribution < -0.4 is 0 Å². The van der Waals surface area contributed by atoms with Crippen LogP contribution in [0.25, 0.3) is 0 Å². The Balaban J connectivity index is 1.74. The van der Waals surface area contributed by atoms with Gasteiger partial charge in [0.15, 0.2) is 0 Å². The van der Waals surface area contributed by atoms with E-state index in [2.05, 4.69) is 42.4 Å². The van der Waals surface area contributed by atoms with Crippen LogP contribution in [0.4, 0.5) is 0 Å². The molecule has 0 aromatic rings. The van der Waals surface area contributed by atoms with Gasteiger partial charge >= 0.3 is 0 Å². The van der Waals surface area contributed by atoms with Crippen LogP contribution in [0.5, 0.6) is 0 Å². The van der Waals surface area contributed by atoms with Crippen molar-refractivity contribution in [2.75, 3.05) is 45.8 Å². The van der Waals surface area contributed by atoms with Crippen molar-refractivity contribution in [3.05, 3.63) is 0 Å². The molecular formula is C16H31N3O. The second-order valence-corrected chi connectivity index (χ2v) is 7.04. The Morgan fingerprint density at radius 2 is 1.70 bits per heavy atom. The molecule has 1 atom stereocenters. The maximum atomic E-state index is 12.4. The number of rotatable bonds is 4. The highest BCUT2D eigenvalue weighted by molar-refractivity contribution is 5.78. The van der Waals surface area contributed by atoms with Gasteiger partial charge in [-0.25, -0.2) is 0 Å². The number of carbonyl (C=O) groups is 1. The van der Waals surface area contributed by atoms with Gasteiger partial charge in [0.05, 0.1) is 6.54 Å². The first kappa shape index (κ1) is 15.8. The predicted octanol–water partition coefficient (Wildman–Crippen LogP) is 1.52. The van der Waals surface area contributed by atoms with Crippen molar-refractivity contribution in [1.29, 1.82) is 0 Å². The summed E-state index contributed by atoms with van der Waals surface area (Å²) in [5, 5.41) is 0. The number of piperazine rings is 1. The van der Waals surface area contributed by atoms with E-state index in [0.29, 0.717) is 18.5 Å². The smallest absolute Gasteiger partial charge is 0.236 e. The quantitative estimate of drug-likeness (QED) is 0.782. The zero-order valence-electron chi connectivity index (χ0n) is 13.6. The van der Waals surface area contributed by atoms with Crippen molar-refractivity contribution in [2.45, 2.75) is 40.2 Å². The molecule has 4 heteroatoms. The average Bonchev–Trinajstić information content (AvgIpc) is 2.87. The van der Waals surface area contributed by atoms with Gasteiger partial charge in [-0.2, -0.15) is 0 Å². The van der Waals surface area contributed by atoms with Gasteiger partial charge in [-0.15, -0.1) is 0 Å². The molecule has 2 rings (SSSR count). The summed E-state index contributed by atoms with van der Waals surface area (Å²) >= 11 is 0. The summed E-state index contributed by atoms with van der Waals surface area (Å²) < 4.78 is 0. The minimum Gasteiger partial charge on any atom is -0.339 e. The number of nitrogens with zero attached hydrogens (tertiary/aromatic N) is 3. The van der Waals surface area contributed by atoms with Gasteiger partial charge in [0, 0.05) is 38.8 Å². The highest BCUT2D eigenvalue weighted by Gasteiger charge is 2.28. The molecule has 0 aliphatic carbocycles. The minimum absolute atomic E-state index is 0.331. The van der Waals surface area contributed by atoms with Crippen LogP contribution >= 0.6 is 0 Å². The van der Waals surface area contributed by atoms with Gasteiger partial charge < -0.3 is 4.90 Å². The fourth-order valence-electron chi connectivity index (χ4n) is 3.33. The van der Waals surface area contributed by atoms with Crippen LogP contribution in [0.15, 0.2) is 0 Å². The molecule has 2 aliphatic heterocycles. The molecule has 0 radical (unpaired) electrons. The SMILES string of the molecule is CC(C)[C@@H]1CCN(CC(=O)N2CCN(C(C)C)CC2)C1. The fourth-order valence-corrected chi connectivity index (χ4v) is 3.33. The molecule has 116 valence electrons. The Morgan fingerprint density at radius 3 is 2.20 bits per heavy atom. The maximum Gasteiger partial charge on any atom is 0.236 e. The summed E-state index contributed by atoms with van der Waals surface area (Å²) in [7, 11) is 0. The van der Waals surface area contributed by atoms with Gasteiger partial charge in [-0.05, 0) is 38.6 Å². The third-order valence-electron chi connectivity index (χ3n) is 5.01. The standard InChI is InChI=1S/C16H31N3O/c1-13(2)15-5-6-17(11-15)12-16(20)19-9-7-18(8-10-19)14(3)4/h13-15H,5-12H2,1-4H3/t15-/m1/s1.